The lowest BCUT2D eigenvalue weighted by Gasteiger charge is -2.09. The van der Waals surface area contributed by atoms with E-state index in [1.807, 2.05) is 6.07 Å². The molecule has 2 rings (SSSR count). The summed E-state index contributed by atoms with van der Waals surface area (Å²) >= 11 is 0. The van der Waals surface area contributed by atoms with Crippen LogP contribution in [0.4, 0.5) is 4.53 Å². The number of hydrogen-bond acceptors (Lipinski definition) is 3. The third-order valence-corrected chi connectivity index (χ3v) is 2.65. The summed E-state index contributed by atoms with van der Waals surface area (Å²) in [6.45, 7) is 0. The van der Waals surface area contributed by atoms with E-state index in [0.29, 0.717) is 5.39 Å². The van der Waals surface area contributed by atoms with Crippen LogP contribution >= 0.6 is 7.82 Å². The molecule has 0 bridgehead atoms. The molecule has 1 N–H and O–H groups in total. The Balaban J connectivity index is 2.49. The molecule has 0 aliphatic rings. The Labute approximate surface area is 90.8 Å². The van der Waals surface area contributed by atoms with Crippen LogP contribution in [0.2, 0.25) is 0 Å². The van der Waals surface area contributed by atoms with Gasteiger partial charge in [-0.1, -0.05) is 41.1 Å². The van der Waals surface area contributed by atoms with Gasteiger partial charge in [0.05, 0.1) is 0 Å². The van der Waals surface area contributed by atoms with Gasteiger partial charge in [-0.25, -0.2) is 4.57 Å². The van der Waals surface area contributed by atoms with Gasteiger partial charge in [-0.15, -0.1) is 0 Å². The van der Waals surface area contributed by atoms with Gasteiger partial charge in [0.15, 0.2) is 0 Å². The molecule has 6 heteroatoms. The highest BCUT2D eigenvalue weighted by molar-refractivity contribution is 7.47. The maximum absolute atomic E-state index is 11.7. The SMILES string of the molecule is O=P(O)(OF)Oc1cccc2ccccc12. The Bertz CT molecular complexity index is 552. The van der Waals surface area contributed by atoms with Gasteiger partial charge >= 0.3 is 7.82 Å². The summed E-state index contributed by atoms with van der Waals surface area (Å²) < 4.78 is 30.1. The average Bonchev–Trinajstić information content (AvgIpc) is 2.29. The first-order valence-corrected chi connectivity index (χ1v) is 5.92. The third-order valence-electron chi connectivity index (χ3n) is 2.05. The summed E-state index contributed by atoms with van der Waals surface area (Å²) in [4.78, 5) is 8.87. The number of rotatable bonds is 3. The molecule has 16 heavy (non-hydrogen) atoms. The maximum atomic E-state index is 11.7. The molecule has 0 aromatic heterocycles. The molecule has 1 atom stereocenters. The van der Waals surface area contributed by atoms with Crippen LogP contribution in [0.3, 0.4) is 0 Å². The van der Waals surface area contributed by atoms with E-state index in [4.69, 9.17) is 4.89 Å². The van der Waals surface area contributed by atoms with Crippen molar-refractivity contribution >= 4 is 18.6 Å². The van der Waals surface area contributed by atoms with Crippen LogP contribution in [0.15, 0.2) is 42.5 Å². The molecule has 4 nitrogen and oxygen atoms in total. The van der Waals surface area contributed by atoms with E-state index in [1.165, 1.54) is 6.07 Å². The zero-order valence-corrected chi connectivity index (χ0v) is 8.93. The summed E-state index contributed by atoms with van der Waals surface area (Å²) in [6.07, 6.45) is 0. The topological polar surface area (TPSA) is 55.8 Å². The largest absolute Gasteiger partial charge is 0.559 e. The number of halogens is 1. The Morgan fingerprint density at radius 3 is 2.56 bits per heavy atom. The van der Waals surface area contributed by atoms with Crippen molar-refractivity contribution in [3.8, 4) is 5.75 Å². The zero-order valence-electron chi connectivity index (χ0n) is 8.04. The minimum absolute atomic E-state index is 0.0987. The van der Waals surface area contributed by atoms with Crippen LogP contribution in [0.1, 0.15) is 0 Å². The fraction of sp³-hybridized carbons (Fsp3) is 0. The summed E-state index contributed by atoms with van der Waals surface area (Å²) in [5.74, 6) is 0.0987. The van der Waals surface area contributed by atoms with Crippen molar-refractivity contribution in [1.82, 2.24) is 0 Å². The normalized spacial score (nSPS) is 14.6. The van der Waals surface area contributed by atoms with Crippen LogP contribution in [0.5, 0.6) is 5.75 Å². The van der Waals surface area contributed by atoms with E-state index in [0.717, 1.165) is 5.39 Å². The second-order valence-electron chi connectivity index (χ2n) is 3.11. The minimum Gasteiger partial charge on any atom is -0.402 e. The van der Waals surface area contributed by atoms with Crippen molar-refractivity contribution in [2.45, 2.75) is 0 Å². The van der Waals surface area contributed by atoms with Crippen molar-refractivity contribution in [3.05, 3.63) is 42.5 Å². The van der Waals surface area contributed by atoms with Gasteiger partial charge < -0.3 is 4.52 Å². The lowest BCUT2D eigenvalue weighted by atomic mass is 10.1. The molecule has 1 unspecified atom stereocenters. The zero-order chi connectivity index (χ0) is 11.6. The van der Waals surface area contributed by atoms with E-state index in [-0.39, 0.29) is 5.75 Å². The van der Waals surface area contributed by atoms with E-state index in [1.54, 1.807) is 30.3 Å². The lowest BCUT2D eigenvalue weighted by molar-refractivity contribution is -0.0361. The van der Waals surface area contributed by atoms with Crippen molar-refractivity contribution in [2.75, 3.05) is 0 Å². The number of benzene rings is 2. The van der Waals surface area contributed by atoms with Crippen molar-refractivity contribution in [2.24, 2.45) is 0 Å². The number of phosphoric ester groups is 1. The highest BCUT2D eigenvalue weighted by Crippen LogP contribution is 2.45. The van der Waals surface area contributed by atoms with Gasteiger partial charge in [-0.2, -0.15) is 0 Å². The molecule has 0 fully saturated rings. The summed E-state index contributed by atoms with van der Waals surface area (Å²) in [6, 6.07) is 12.0. The van der Waals surface area contributed by atoms with Gasteiger partial charge in [0.2, 0.25) is 0 Å². The number of phosphoric acid groups is 1. The van der Waals surface area contributed by atoms with E-state index >= 15 is 0 Å². The van der Waals surface area contributed by atoms with Gasteiger partial charge in [0.1, 0.15) is 5.75 Å². The monoisotopic (exact) mass is 242 g/mol. The molecular weight excluding hydrogens is 234 g/mol. The molecule has 0 heterocycles. The molecule has 0 aliphatic heterocycles. The maximum Gasteiger partial charge on any atom is 0.559 e. The van der Waals surface area contributed by atoms with Crippen LogP contribution in [0.25, 0.3) is 10.8 Å². The van der Waals surface area contributed by atoms with E-state index in [2.05, 4.69) is 9.25 Å². The van der Waals surface area contributed by atoms with Gasteiger partial charge in [-0.05, 0) is 16.0 Å². The Kier molecular flexibility index (Phi) is 2.92. The van der Waals surface area contributed by atoms with Crippen LogP contribution in [0, 0.1) is 0 Å². The molecule has 2 aromatic carbocycles. The highest BCUT2D eigenvalue weighted by Gasteiger charge is 2.24. The lowest BCUT2D eigenvalue weighted by Crippen LogP contribution is -1.92. The summed E-state index contributed by atoms with van der Waals surface area (Å²) in [5.41, 5.74) is 0. The highest BCUT2D eigenvalue weighted by atomic mass is 31.2. The fourth-order valence-corrected chi connectivity index (χ4v) is 1.85. The molecular formula is C10H8FO4P. The Morgan fingerprint density at radius 1 is 1.12 bits per heavy atom. The van der Waals surface area contributed by atoms with Gasteiger partial charge in [-0.3, -0.25) is 4.89 Å². The minimum atomic E-state index is -4.67. The molecule has 0 amide bonds. The van der Waals surface area contributed by atoms with Gasteiger partial charge in [0, 0.05) is 5.39 Å². The van der Waals surface area contributed by atoms with Gasteiger partial charge in [0.25, 0.3) is 0 Å². The predicted molar refractivity (Wildman–Crippen MR) is 56.6 cm³/mol. The molecule has 0 aliphatic carbocycles. The molecule has 84 valence electrons. The first kappa shape index (κ1) is 11.1. The van der Waals surface area contributed by atoms with E-state index < -0.39 is 7.82 Å². The van der Waals surface area contributed by atoms with Crippen LogP contribution in [-0.4, -0.2) is 4.89 Å². The van der Waals surface area contributed by atoms with Crippen LogP contribution in [-0.2, 0) is 9.29 Å². The predicted octanol–water partition coefficient (Wildman–Crippen LogP) is 3.22. The standard InChI is InChI=1S/C10H8FO4P/c11-15-16(12,13)14-10-7-3-5-8-4-1-2-6-9(8)10/h1-7H,(H,12,13). The first-order valence-electron chi connectivity index (χ1n) is 4.43. The summed E-state index contributed by atoms with van der Waals surface area (Å²) in [5, 5.41) is 1.43. The number of fused-ring (bicyclic) bond motifs is 1. The fourth-order valence-electron chi connectivity index (χ4n) is 1.41. The molecule has 2 aromatic rings. The van der Waals surface area contributed by atoms with E-state index in [9.17, 15) is 9.09 Å². The van der Waals surface area contributed by atoms with Crippen LogP contribution < -0.4 is 4.52 Å². The second kappa shape index (κ2) is 4.22. The molecule has 0 spiro atoms. The Hall–Kier alpha value is -1.42. The molecule has 0 radical (unpaired) electrons. The molecule has 0 saturated carbocycles. The number of hydrogen-bond donors (Lipinski definition) is 1. The van der Waals surface area contributed by atoms with Crippen molar-refractivity contribution in [1.29, 1.82) is 0 Å². The van der Waals surface area contributed by atoms with Crippen molar-refractivity contribution < 1.29 is 23.2 Å². The second-order valence-corrected chi connectivity index (χ2v) is 4.36. The third kappa shape index (κ3) is 2.22. The quantitative estimate of drug-likeness (QED) is 0.839. The average molecular weight is 242 g/mol. The Morgan fingerprint density at radius 2 is 1.81 bits per heavy atom. The smallest absolute Gasteiger partial charge is 0.402 e. The van der Waals surface area contributed by atoms with Crippen molar-refractivity contribution in [3.63, 3.8) is 0 Å². The molecule has 0 saturated heterocycles. The first-order chi connectivity index (χ1) is 7.62. The summed E-state index contributed by atoms with van der Waals surface area (Å²) in [7, 11) is -4.67.